The number of Topliss-reactive ketones (excluding diaryl/α,β-unsaturated/α-hetero) is 2. The highest BCUT2D eigenvalue weighted by atomic mass is 32.2. The van der Waals surface area contributed by atoms with E-state index in [1.54, 1.807) is 48.2 Å². The number of hydrogen-bond donors (Lipinski definition) is 0. The van der Waals surface area contributed by atoms with Gasteiger partial charge in [-0.2, -0.15) is 0 Å². The molecule has 0 atom stereocenters. The van der Waals surface area contributed by atoms with E-state index in [9.17, 15) is 9.59 Å². The molecule has 0 heterocycles. The molecule has 0 radical (unpaired) electrons. The van der Waals surface area contributed by atoms with Gasteiger partial charge in [0.05, 0.1) is 0 Å². The first-order chi connectivity index (χ1) is 10.1. The summed E-state index contributed by atoms with van der Waals surface area (Å²) in [4.78, 5) is 24.4. The van der Waals surface area contributed by atoms with Crippen LogP contribution in [0.4, 0.5) is 0 Å². The fourth-order valence-corrected chi connectivity index (χ4v) is 2.22. The van der Waals surface area contributed by atoms with Crippen LogP contribution < -0.4 is 4.74 Å². The molecule has 0 saturated heterocycles. The molecule has 0 saturated carbocycles. The molecule has 0 amide bonds. The van der Waals surface area contributed by atoms with Gasteiger partial charge >= 0.3 is 0 Å². The van der Waals surface area contributed by atoms with E-state index in [1.165, 1.54) is 6.92 Å². The molecule has 108 valence electrons. The van der Waals surface area contributed by atoms with E-state index in [-0.39, 0.29) is 18.2 Å². The van der Waals surface area contributed by atoms with E-state index in [0.29, 0.717) is 16.9 Å². The lowest BCUT2D eigenvalue weighted by atomic mass is 10.1. The van der Waals surface area contributed by atoms with Gasteiger partial charge in [0.1, 0.15) is 5.75 Å². The summed E-state index contributed by atoms with van der Waals surface area (Å²) >= 11 is 1.63. The maximum absolute atomic E-state index is 12.0. The zero-order valence-corrected chi connectivity index (χ0v) is 12.8. The molecule has 21 heavy (non-hydrogen) atoms. The van der Waals surface area contributed by atoms with Crippen molar-refractivity contribution in [2.75, 3.05) is 12.9 Å². The van der Waals surface area contributed by atoms with Crippen molar-refractivity contribution in [3.63, 3.8) is 0 Å². The van der Waals surface area contributed by atoms with Gasteiger partial charge in [0.15, 0.2) is 18.2 Å². The van der Waals surface area contributed by atoms with Crippen molar-refractivity contribution in [1.82, 2.24) is 0 Å². The smallest absolute Gasteiger partial charge is 0.200 e. The van der Waals surface area contributed by atoms with Crippen molar-refractivity contribution in [1.29, 1.82) is 0 Å². The predicted molar refractivity (Wildman–Crippen MR) is 84.5 cm³/mol. The Labute approximate surface area is 128 Å². The number of carbonyl (C=O) groups is 2. The van der Waals surface area contributed by atoms with Gasteiger partial charge in [-0.15, -0.1) is 11.8 Å². The van der Waals surface area contributed by atoms with Gasteiger partial charge in [-0.3, -0.25) is 9.59 Å². The summed E-state index contributed by atoms with van der Waals surface area (Å²) in [5.41, 5.74) is 1.19. The lowest BCUT2D eigenvalue weighted by Crippen LogP contribution is -2.11. The Hall–Kier alpha value is -2.07. The van der Waals surface area contributed by atoms with Crippen LogP contribution >= 0.6 is 11.8 Å². The molecule has 0 spiro atoms. The third-order valence-electron chi connectivity index (χ3n) is 3.02. The van der Waals surface area contributed by atoms with Crippen LogP contribution in [0.3, 0.4) is 0 Å². The molecule has 2 aromatic rings. The van der Waals surface area contributed by atoms with Crippen LogP contribution in [-0.2, 0) is 0 Å². The van der Waals surface area contributed by atoms with Gasteiger partial charge in [-0.25, -0.2) is 0 Å². The molecular formula is C17H16O3S. The normalized spacial score (nSPS) is 10.2. The lowest BCUT2D eigenvalue weighted by molar-refractivity contribution is 0.0921. The van der Waals surface area contributed by atoms with Crippen LogP contribution in [0.15, 0.2) is 53.4 Å². The van der Waals surface area contributed by atoms with Crippen molar-refractivity contribution in [3.05, 3.63) is 59.7 Å². The number of carbonyl (C=O) groups excluding carboxylic acids is 2. The molecule has 0 fully saturated rings. The maximum Gasteiger partial charge on any atom is 0.200 e. The Morgan fingerprint density at radius 2 is 1.76 bits per heavy atom. The Balaban J connectivity index is 2.00. The van der Waals surface area contributed by atoms with Crippen molar-refractivity contribution in [3.8, 4) is 5.75 Å². The highest BCUT2D eigenvalue weighted by Crippen LogP contribution is 2.17. The summed E-state index contributed by atoms with van der Waals surface area (Å²) in [5, 5.41) is 0. The lowest BCUT2D eigenvalue weighted by Gasteiger charge is -2.07. The molecule has 0 N–H and O–H groups in total. The minimum absolute atomic E-state index is 0.0283. The Morgan fingerprint density at radius 1 is 1.05 bits per heavy atom. The van der Waals surface area contributed by atoms with Crippen LogP contribution in [0, 0.1) is 0 Å². The van der Waals surface area contributed by atoms with Crippen molar-refractivity contribution < 1.29 is 14.3 Å². The quantitative estimate of drug-likeness (QED) is 0.600. The first-order valence-electron chi connectivity index (χ1n) is 6.51. The monoisotopic (exact) mass is 300 g/mol. The van der Waals surface area contributed by atoms with E-state index in [0.717, 1.165) is 4.90 Å². The fraction of sp³-hybridized carbons (Fsp3) is 0.176. The summed E-state index contributed by atoms with van der Waals surface area (Å²) in [6.07, 6.45) is 1.99. The standard InChI is InChI=1S/C17H16O3S/c1-12(18)14-4-3-5-15(10-14)20-11-17(19)13-6-8-16(21-2)9-7-13/h3-10H,11H2,1-2H3. The third kappa shape index (κ3) is 4.20. The Kier molecular flexibility index (Phi) is 5.17. The Morgan fingerprint density at radius 3 is 2.38 bits per heavy atom. The van der Waals surface area contributed by atoms with E-state index < -0.39 is 0 Å². The molecule has 0 aliphatic carbocycles. The molecule has 0 bridgehead atoms. The van der Waals surface area contributed by atoms with E-state index >= 15 is 0 Å². The average molecular weight is 300 g/mol. The summed E-state index contributed by atoms with van der Waals surface area (Å²) in [5.74, 6) is 0.409. The second-order valence-corrected chi connectivity index (χ2v) is 5.40. The second-order valence-electron chi connectivity index (χ2n) is 4.52. The largest absolute Gasteiger partial charge is 0.485 e. The second kappa shape index (κ2) is 7.09. The highest BCUT2D eigenvalue weighted by molar-refractivity contribution is 7.98. The zero-order chi connectivity index (χ0) is 15.2. The summed E-state index contributed by atoms with van der Waals surface area (Å²) in [6, 6.07) is 14.3. The van der Waals surface area contributed by atoms with Crippen LogP contribution in [0.5, 0.6) is 5.75 Å². The van der Waals surface area contributed by atoms with Crippen LogP contribution in [0.25, 0.3) is 0 Å². The van der Waals surface area contributed by atoms with Crippen LogP contribution in [0.2, 0.25) is 0 Å². The summed E-state index contributed by atoms with van der Waals surface area (Å²) in [7, 11) is 0. The Bertz CT molecular complexity index is 647. The van der Waals surface area contributed by atoms with Crippen LogP contribution in [-0.4, -0.2) is 24.4 Å². The molecular weight excluding hydrogens is 284 g/mol. The number of hydrogen-bond acceptors (Lipinski definition) is 4. The molecule has 0 aliphatic heterocycles. The van der Waals surface area contributed by atoms with Crippen molar-refractivity contribution >= 4 is 23.3 Å². The number of benzene rings is 2. The number of rotatable bonds is 6. The van der Waals surface area contributed by atoms with Crippen LogP contribution in [0.1, 0.15) is 27.6 Å². The van der Waals surface area contributed by atoms with Gasteiger partial charge in [-0.05, 0) is 37.4 Å². The average Bonchev–Trinajstić information content (AvgIpc) is 2.53. The number of ether oxygens (including phenoxy) is 1. The van der Waals surface area contributed by atoms with Crippen molar-refractivity contribution in [2.45, 2.75) is 11.8 Å². The topological polar surface area (TPSA) is 43.4 Å². The third-order valence-corrected chi connectivity index (χ3v) is 3.77. The predicted octanol–water partition coefficient (Wildman–Crippen LogP) is 3.87. The molecule has 4 heteroatoms. The van der Waals surface area contributed by atoms with E-state index in [4.69, 9.17) is 4.74 Å². The zero-order valence-electron chi connectivity index (χ0n) is 12.0. The van der Waals surface area contributed by atoms with E-state index in [2.05, 4.69) is 0 Å². The molecule has 2 rings (SSSR count). The first-order valence-corrected chi connectivity index (χ1v) is 7.73. The van der Waals surface area contributed by atoms with Gasteiger partial charge in [0.2, 0.25) is 0 Å². The first kappa shape index (κ1) is 15.3. The number of ketones is 2. The van der Waals surface area contributed by atoms with Gasteiger partial charge in [0.25, 0.3) is 0 Å². The van der Waals surface area contributed by atoms with Gasteiger partial charge in [0, 0.05) is 16.0 Å². The maximum atomic E-state index is 12.0. The van der Waals surface area contributed by atoms with Gasteiger partial charge in [-0.1, -0.05) is 24.3 Å². The molecule has 0 unspecified atom stereocenters. The summed E-state index contributed by atoms with van der Waals surface area (Å²) < 4.78 is 5.46. The van der Waals surface area contributed by atoms with E-state index in [1.807, 2.05) is 18.4 Å². The minimum Gasteiger partial charge on any atom is -0.485 e. The van der Waals surface area contributed by atoms with Gasteiger partial charge < -0.3 is 4.74 Å². The van der Waals surface area contributed by atoms with Crippen molar-refractivity contribution in [2.24, 2.45) is 0 Å². The molecule has 2 aromatic carbocycles. The molecule has 3 nitrogen and oxygen atoms in total. The molecule has 0 aromatic heterocycles. The fourth-order valence-electron chi connectivity index (χ4n) is 1.81. The summed E-state index contributed by atoms with van der Waals surface area (Å²) in [6.45, 7) is 1.46. The highest BCUT2D eigenvalue weighted by Gasteiger charge is 2.08. The minimum atomic E-state index is -0.0871. The molecule has 0 aliphatic rings. The SMILES string of the molecule is CSc1ccc(C(=O)COc2cccc(C(C)=O)c2)cc1. The number of thioether (sulfide) groups is 1.